The van der Waals surface area contributed by atoms with Gasteiger partial charge in [-0.2, -0.15) is 0 Å². The molecule has 0 spiro atoms. The van der Waals surface area contributed by atoms with Crippen molar-refractivity contribution in [3.05, 3.63) is 10.5 Å². The van der Waals surface area contributed by atoms with Crippen molar-refractivity contribution >= 4 is 11.8 Å². The maximum atomic E-state index is 11.5. The van der Waals surface area contributed by atoms with Crippen LogP contribution in [0.15, 0.2) is 9.95 Å². The second-order valence-electron chi connectivity index (χ2n) is 5.00. The Morgan fingerprint density at radius 2 is 2.18 bits per heavy atom. The first kappa shape index (κ1) is 12.7. The molecule has 0 saturated heterocycles. The van der Waals surface area contributed by atoms with Gasteiger partial charge in [0.05, 0.1) is 5.60 Å². The molecule has 5 nitrogen and oxygen atoms in total. The molecule has 17 heavy (non-hydrogen) atoms. The van der Waals surface area contributed by atoms with Crippen LogP contribution in [-0.2, 0) is 0 Å². The molecule has 0 unspecified atom stereocenters. The van der Waals surface area contributed by atoms with Crippen LogP contribution in [0, 0.1) is 0 Å². The Morgan fingerprint density at radius 1 is 1.53 bits per heavy atom. The van der Waals surface area contributed by atoms with E-state index in [1.165, 1.54) is 11.8 Å². The Balaban J connectivity index is 2.06. The molecular formula is C11H19N3O2S. The van der Waals surface area contributed by atoms with E-state index in [2.05, 4.69) is 10.2 Å². The van der Waals surface area contributed by atoms with E-state index in [9.17, 15) is 9.90 Å². The number of aliphatic hydroxyl groups is 1. The van der Waals surface area contributed by atoms with Crippen LogP contribution in [0.5, 0.6) is 0 Å². The summed E-state index contributed by atoms with van der Waals surface area (Å²) in [6, 6.07) is 0.0852. The zero-order chi connectivity index (χ0) is 12.5. The highest BCUT2D eigenvalue weighted by Crippen LogP contribution is 2.34. The summed E-state index contributed by atoms with van der Waals surface area (Å²) in [7, 11) is 0. The highest BCUT2D eigenvalue weighted by atomic mass is 32.2. The molecule has 1 fully saturated rings. The Morgan fingerprint density at radius 3 is 2.76 bits per heavy atom. The van der Waals surface area contributed by atoms with Crippen molar-refractivity contribution < 1.29 is 5.11 Å². The molecule has 1 aliphatic rings. The summed E-state index contributed by atoms with van der Waals surface area (Å²) in [6.07, 6.45) is 3.90. The molecule has 2 rings (SSSR count). The number of aromatic nitrogens is 3. The quantitative estimate of drug-likeness (QED) is 0.803. The van der Waals surface area contributed by atoms with Crippen molar-refractivity contribution in [3.8, 4) is 0 Å². The molecule has 1 aromatic heterocycles. The van der Waals surface area contributed by atoms with Crippen LogP contribution in [0.4, 0.5) is 0 Å². The molecule has 1 heterocycles. The van der Waals surface area contributed by atoms with Crippen LogP contribution in [0.25, 0.3) is 0 Å². The van der Waals surface area contributed by atoms with Gasteiger partial charge in [-0.25, -0.2) is 9.89 Å². The van der Waals surface area contributed by atoms with Crippen molar-refractivity contribution in [2.45, 2.75) is 56.3 Å². The molecule has 0 atom stereocenters. The molecule has 0 aromatic carbocycles. The third kappa shape index (κ3) is 2.74. The second-order valence-corrected chi connectivity index (χ2v) is 5.94. The van der Waals surface area contributed by atoms with E-state index in [0.717, 1.165) is 25.7 Å². The third-order valence-corrected chi connectivity index (χ3v) is 4.42. The lowest BCUT2D eigenvalue weighted by Gasteiger charge is -2.21. The van der Waals surface area contributed by atoms with Gasteiger partial charge in [-0.3, -0.25) is 4.57 Å². The van der Waals surface area contributed by atoms with E-state index in [-0.39, 0.29) is 11.7 Å². The summed E-state index contributed by atoms with van der Waals surface area (Å²) in [5.41, 5.74) is -0.748. The van der Waals surface area contributed by atoms with Crippen LogP contribution in [-0.4, -0.2) is 31.2 Å². The average Bonchev–Trinajstić information content (AvgIpc) is 2.83. The smallest absolute Gasteiger partial charge is 0.344 e. The molecule has 0 aliphatic heterocycles. The van der Waals surface area contributed by atoms with Gasteiger partial charge in [0.1, 0.15) is 0 Å². The lowest BCUT2D eigenvalue weighted by atomic mass is 10.1. The zero-order valence-corrected chi connectivity index (χ0v) is 11.1. The first-order valence-corrected chi connectivity index (χ1v) is 7.02. The number of rotatable bonds is 4. The SMILES string of the molecule is CC(C)n1c(SCC2(O)CCCC2)n[nH]c1=O. The molecular weight excluding hydrogens is 238 g/mol. The summed E-state index contributed by atoms with van der Waals surface area (Å²) in [4.78, 5) is 11.5. The lowest BCUT2D eigenvalue weighted by Crippen LogP contribution is -2.27. The van der Waals surface area contributed by atoms with E-state index in [1.807, 2.05) is 13.8 Å². The molecule has 6 heteroatoms. The fraction of sp³-hybridized carbons (Fsp3) is 0.818. The van der Waals surface area contributed by atoms with E-state index in [1.54, 1.807) is 4.57 Å². The van der Waals surface area contributed by atoms with Gasteiger partial charge in [0.25, 0.3) is 0 Å². The van der Waals surface area contributed by atoms with Gasteiger partial charge < -0.3 is 5.11 Å². The third-order valence-electron chi connectivity index (χ3n) is 3.19. The number of hydrogen-bond acceptors (Lipinski definition) is 4. The Hall–Kier alpha value is -0.750. The van der Waals surface area contributed by atoms with E-state index < -0.39 is 5.60 Å². The maximum absolute atomic E-state index is 11.5. The van der Waals surface area contributed by atoms with Crippen molar-refractivity contribution in [2.24, 2.45) is 0 Å². The minimum atomic E-state index is -0.568. The molecule has 0 radical (unpaired) electrons. The summed E-state index contributed by atoms with van der Waals surface area (Å²) in [5.74, 6) is 0.615. The zero-order valence-electron chi connectivity index (χ0n) is 10.3. The predicted octanol–water partition coefficient (Wildman–Crippen LogP) is 1.55. The average molecular weight is 257 g/mol. The molecule has 0 bridgehead atoms. The summed E-state index contributed by atoms with van der Waals surface area (Å²) < 4.78 is 1.63. The summed E-state index contributed by atoms with van der Waals surface area (Å²) in [6.45, 7) is 3.90. The van der Waals surface area contributed by atoms with E-state index in [4.69, 9.17) is 0 Å². The predicted molar refractivity (Wildman–Crippen MR) is 67.4 cm³/mol. The minimum absolute atomic E-state index is 0.0852. The fourth-order valence-electron chi connectivity index (χ4n) is 2.22. The first-order valence-electron chi connectivity index (χ1n) is 6.04. The van der Waals surface area contributed by atoms with Gasteiger partial charge in [-0.15, -0.1) is 5.10 Å². The van der Waals surface area contributed by atoms with Crippen molar-refractivity contribution in [1.29, 1.82) is 0 Å². The Bertz CT molecular complexity index is 432. The Labute approximate surface area is 105 Å². The van der Waals surface area contributed by atoms with Crippen LogP contribution < -0.4 is 5.69 Å². The number of nitrogens with one attached hydrogen (secondary N) is 1. The second kappa shape index (κ2) is 4.86. The van der Waals surface area contributed by atoms with Crippen LogP contribution in [0.2, 0.25) is 0 Å². The van der Waals surface area contributed by atoms with Crippen LogP contribution >= 0.6 is 11.8 Å². The molecule has 1 aromatic rings. The molecule has 0 amide bonds. The number of H-pyrrole nitrogens is 1. The van der Waals surface area contributed by atoms with Crippen LogP contribution in [0.3, 0.4) is 0 Å². The number of thioether (sulfide) groups is 1. The standard InChI is InChI=1S/C11H19N3O2S/c1-8(2)14-9(15)12-13-10(14)17-7-11(16)5-3-4-6-11/h8,16H,3-7H2,1-2H3,(H,12,15). The van der Waals surface area contributed by atoms with Gasteiger partial charge in [0.2, 0.25) is 0 Å². The maximum Gasteiger partial charge on any atom is 0.344 e. The van der Waals surface area contributed by atoms with Gasteiger partial charge in [0, 0.05) is 11.8 Å². The molecule has 1 aliphatic carbocycles. The van der Waals surface area contributed by atoms with Gasteiger partial charge >= 0.3 is 5.69 Å². The molecule has 1 saturated carbocycles. The van der Waals surface area contributed by atoms with Crippen LogP contribution in [0.1, 0.15) is 45.6 Å². The van der Waals surface area contributed by atoms with E-state index in [0.29, 0.717) is 10.9 Å². The van der Waals surface area contributed by atoms with Gasteiger partial charge in [-0.1, -0.05) is 24.6 Å². The summed E-state index contributed by atoms with van der Waals surface area (Å²) in [5, 5.41) is 17.4. The van der Waals surface area contributed by atoms with Crippen molar-refractivity contribution in [1.82, 2.24) is 14.8 Å². The van der Waals surface area contributed by atoms with Crippen molar-refractivity contribution in [2.75, 3.05) is 5.75 Å². The monoisotopic (exact) mass is 257 g/mol. The molecule has 2 N–H and O–H groups in total. The van der Waals surface area contributed by atoms with Gasteiger partial charge in [0.15, 0.2) is 5.16 Å². The first-order chi connectivity index (χ1) is 8.02. The lowest BCUT2D eigenvalue weighted by molar-refractivity contribution is 0.0731. The number of hydrogen-bond donors (Lipinski definition) is 2. The highest BCUT2D eigenvalue weighted by Gasteiger charge is 2.31. The topological polar surface area (TPSA) is 70.9 Å². The number of nitrogens with zero attached hydrogens (tertiary/aromatic N) is 2. The number of aromatic amines is 1. The molecule has 96 valence electrons. The van der Waals surface area contributed by atoms with Gasteiger partial charge in [-0.05, 0) is 26.7 Å². The highest BCUT2D eigenvalue weighted by molar-refractivity contribution is 7.99. The minimum Gasteiger partial charge on any atom is -0.389 e. The largest absolute Gasteiger partial charge is 0.389 e. The fourth-order valence-corrected chi connectivity index (χ4v) is 3.45. The van der Waals surface area contributed by atoms with Crippen molar-refractivity contribution in [3.63, 3.8) is 0 Å². The van der Waals surface area contributed by atoms with E-state index >= 15 is 0 Å². The summed E-state index contributed by atoms with van der Waals surface area (Å²) >= 11 is 1.46. The normalized spacial score (nSPS) is 19.1. The Kier molecular flexibility index (Phi) is 3.63.